The van der Waals surface area contributed by atoms with Crippen LogP contribution in [0.15, 0.2) is 40.9 Å². The van der Waals surface area contributed by atoms with Crippen LogP contribution >= 0.6 is 38.5 Å². The molecule has 0 fully saturated rings. The fraction of sp³-hybridized carbons (Fsp3) is 0. The quantitative estimate of drug-likeness (QED) is 0.504. The smallest absolute Gasteiger partial charge is 0.337 e. The monoisotopic (exact) mass is 432 g/mol. The van der Waals surface area contributed by atoms with Crippen LogP contribution < -0.4 is 11.1 Å². The zero-order chi connectivity index (χ0) is 14.0. The highest BCUT2D eigenvalue weighted by Gasteiger charge is 2.13. The van der Waals surface area contributed by atoms with E-state index in [2.05, 4.69) is 43.8 Å². The molecular formula is C13H10BrIN2O2. The topological polar surface area (TPSA) is 75.4 Å². The van der Waals surface area contributed by atoms with E-state index in [1.807, 2.05) is 18.2 Å². The molecule has 2 aromatic rings. The van der Waals surface area contributed by atoms with Crippen LogP contribution in [0.3, 0.4) is 0 Å². The molecule has 0 spiro atoms. The minimum absolute atomic E-state index is 0.144. The summed E-state index contributed by atoms with van der Waals surface area (Å²) in [6.45, 7) is 0. The van der Waals surface area contributed by atoms with Crippen molar-refractivity contribution in [2.75, 3.05) is 11.1 Å². The Balaban J connectivity index is 2.49. The second-order valence-corrected chi connectivity index (χ2v) is 5.92. The van der Waals surface area contributed by atoms with Crippen LogP contribution in [-0.2, 0) is 0 Å². The molecule has 0 radical (unpaired) electrons. The van der Waals surface area contributed by atoms with Gasteiger partial charge in [-0.05, 0) is 68.9 Å². The van der Waals surface area contributed by atoms with Gasteiger partial charge in [-0.1, -0.05) is 6.07 Å². The number of anilines is 3. The van der Waals surface area contributed by atoms with Gasteiger partial charge < -0.3 is 16.2 Å². The Labute approximate surface area is 132 Å². The average molecular weight is 433 g/mol. The summed E-state index contributed by atoms with van der Waals surface area (Å²) in [5.74, 6) is -1.02. The molecule has 0 amide bonds. The van der Waals surface area contributed by atoms with Crippen molar-refractivity contribution in [1.82, 2.24) is 0 Å². The van der Waals surface area contributed by atoms with E-state index in [0.717, 1.165) is 13.7 Å². The van der Waals surface area contributed by atoms with Crippen LogP contribution in [0.1, 0.15) is 10.4 Å². The average Bonchev–Trinajstić information content (AvgIpc) is 2.35. The number of benzene rings is 2. The maximum absolute atomic E-state index is 11.2. The van der Waals surface area contributed by atoms with E-state index in [0.29, 0.717) is 11.4 Å². The second-order valence-electron chi connectivity index (χ2n) is 3.82. The van der Waals surface area contributed by atoms with Crippen LogP contribution in [0.25, 0.3) is 0 Å². The number of carboxylic acid groups (broad SMARTS) is 1. The summed E-state index contributed by atoms with van der Waals surface area (Å²) in [4.78, 5) is 11.2. The number of halogens is 2. The molecule has 0 aliphatic heterocycles. The van der Waals surface area contributed by atoms with Gasteiger partial charge in [0.05, 0.1) is 22.6 Å². The molecule has 0 atom stereocenters. The van der Waals surface area contributed by atoms with Crippen molar-refractivity contribution < 1.29 is 9.90 Å². The second kappa shape index (κ2) is 5.79. The normalized spacial score (nSPS) is 10.2. The first-order valence-corrected chi connectivity index (χ1v) is 7.20. The Hall–Kier alpha value is -1.28. The lowest BCUT2D eigenvalue weighted by atomic mass is 10.1. The molecule has 2 rings (SSSR count). The zero-order valence-corrected chi connectivity index (χ0v) is 13.4. The number of hydrogen-bond acceptors (Lipinski definition) is 3. The minimum atomic E-state index is -1.02. The van der Waals surface area contributed by atoms with Gasteiger partial charge in [0, 0.05) is 8.04 Å². The molecule has 0 saturated carbocycles. The third-order valence-corrected chi connectivity index (χ3v) is 3.88. The number of carbonyl (C=O) groups is 1. The molecule has 4 nitrogen and oxygen atoms in total. The Kier molecular flexibility index (Phi) is 4.31. The molecule has 0 aliphatic rings. The highest BCUT2D eigenvalue weighted by atomic mass is 127. The minimum Gasteiger partial charge on any atom is -0.478 e. The number of aromatic carboxylic acids is 1. The van der Waals surface area contributed by atoms with Gasteiger partial charge in [-0.15, -0.1) is 0 Å². The van der Waals surface area contributed by atoms with Crippen molar-refractivity contribution >= 4 is 61.6 Å². The molecule has 2 aromatic carbocycles. The van der Waals surface area contributed by atoms with Crippen molar-refractivity contribution in [2.24, 2.45) is 0 Å². The third-order valence-electron chi connectivity index (χ3n) is 2.52. The summed E-state index contributed by atoms with van der Waals surface area (Å²) in [7, 11) is 0. The summed E-state index contributed by atoms with van der Waals surface area (Å²) in [6.07, 6.45) is 0. The standard InChI is InChI=1S/C13H10BrIN2O2/c14-9-5-4-7(15)6-11(9)17-12-8(13(18)19)2-1-3-10(12)16/h1-6,17H,16H2,(H,18,19). The number of hydrogen-bond donors (Lipinski definition) is 3. The number of nitrogen functional groups attached to an aromatic ring is 1. The molecule has 0 unspecified atom stereocenters. The fourth-order valence-electron chi connectivity index (χ4n) is 1.62. The van der Waals surface area contributed by atoms with Crippen molar-refractivity contribution in [3.8, 4) is 0 Å². The summed E-state index contributed by atoms with van der Waals surface area (Å²) < 4.78 is 1.88. The van der Waals surface area contributed by atoms with Crippen LogP contribution in [-0.4, -0.2) is 11.1 Å². The third kappa shape index (κ3) is 3.19. The Bertz CT molecular complexity index is 647. The van der Waals surface area contributed by atoms with E-state index in [9.17, 15) is 9.90 Å². The van der Waals surface area contributed by atoms with Crippen LogP contribution in [0.2, 0.25) is 0 Å². The first kappa shape index (κ1) is 14.1. The molecule has 98 valence electrons. The number of rotatable bonds is 3. The predicted octanol–water partition coefficient (Wildman–Crippen LogP) is 4.08. The van der Waals surface area contributed by atoms with E-state index in [1.54, 1.807) is 12.1 Å². The van der Waals surface area contributed by atoms with E-state index in [4.69, 9.17) is 5.73 Å². The van der Waals surface area contributed by atoms with Crippen molar-refractivity contribution in [2.45, 2.75) is 0 Å². The van der Waals surface area contributed by atoms with E-state index in [1.165, 1.54) is 6.07 Å². The molecule has 0 aliphatic carbocycles. The van der Waals surface area contributed by atoms with Crippen LogP contribution in [0.5, 0.6) is 0 Å². The van der Waals surface area contributed by atoms with Gasteiger partial charge in [0.1, 0.15) is 0 Å². The molecule has 6 heteroatoms. The zero-order valence-electron chi connectivity index (χ0n) is 9.65. The van der Waals surface area contributed by atoms with Gasteiger partial charge in [0.15, 0.2) is 0 Å². The SMILES string of the molecule is Nc1cccc(C(=O)O)c1Nc1cc(I)ccc1Br. The first-order chi connectivity index (χ1) is 8.99. The Morgan fingerprint density at radius 2 is 2.05 bits per heavy atom. The van der Waals surface area contributed by atoms with Gasteiger partial charge in [-0.2, -0.15) is 0 Å². The van der Waals surface area contributed by atoms with Crippen LogP contribution in [0, 0.1) is 3.57 Å². The lowest BCUT2D eigenvalue weighted by Gasteiger charge is -2.13. The molecule has 0 heterocycles. The molecule has 0 aromatic heterocycles. The van der Waals surface area contributed by atoms with Gasteiger partial charge in [0.2, 0.25) is 0 Å². The van der Waals surface area contributed by atoms with E-state index >= 15 is 0 Å². The molecular weight excluding hydrogens is 423 g/mol. The van der Waals surface area contributed by atoms with Gasteiger partial charge in [0.25, 0.3) is 0 Å². The van der Waals surface area contributed by atoms with Crippen molar-refractivity contribution in [3.05, 3.63) is 50.0 Å². The molecule has 0 saturated heterocycles. The van der Waals surface area contributed by atoms with E-state index < -0.39 is 5.97 Å². The molecule has 19 heavy (non-hydrogen) atoms. The van der Waals surface area contributed by atoms with Crippen LogP contribution in [0.4, 0.5) is 17.1 Å². The summed E-state index contributed by atoms with van der Waals surface area (Å²) in [6, 6.07) is 10.5. The molecule has 0 bridgehead atoms. The fourth-order valence-corrected chi connectivity index (χ4v) is 2.45. The summed E-state index contributed by atoms with van der Waals surface area (Å²) >= 11 is 5.61. The number of carboxylic acids is 1. The molecule has 4 N–H and O–H groups in total. The van der Waals surface area contributed by atoms with Gasteiger partial charge >= 0.3 is 5.97 Å². The number of para-hydroxylation sites is 1. The largest absolute Gasteiger partial charge is 0.478 e. The summed E-state index contributed by atoms with van der Waals surface area (Å²) in [5, 5.41) is 12.3. The van der Waals surface area contributed by atoms with Gasteiger partial charge in [-0.25, -0.2) is 4.79 Å². The maximum atomic E-state index is 11.2. The lowest BCUT2D eigenvalue weighted by Crippen LogP contribution is -2.06. The first-order valence-electron chi connectivity index (χ1n) is 5.33. The highest BCUT2D eigenvalue weighted by molar-refractivity contribution is 14.1. The maximum Gasteiger partial charge on any atom is 0.337 e. The number of nitrogens with one attached hydrogen (secondary N) is 1. The Morgan fingerprint density at radius 1 is 1.32 bits per heavy atom. The van der Waals surface area contributed by atoms with Crippen molar-refractivity contribution in [1.29, 1.82) is 0 Å². The predicted molar refractivity (Wildman–Crippen MR) is 88.0 cm³/mol. The van der Waals surface area contributed by atoms with Crippen molar-refractivity contribution in [3.63, 3.8) is 0 Å². The van der Waals surface area contributed by atoms with Gasteiger partial charge in [-0.3, -0.25) is 0 Å². The lowest BCUT2D eigenvalue weighted by molar-refractivity contribution is 0.0698. The highest BCUT2D eigenvalue weighted by Crippen LogP contribution is 2.32. The number of nitrogens with two attached hydrogens (primary N) is 1. The summed E-state index contributed by atoms with van der Waals surface area (Å²) in [5.41, 5.74) is 7.56. The Morgan fingerprint density at radius 3 is 2.74 bits per heavy atom. The van der Waals surface area contributed by atoms with E-state index in [-0.39, 0.29) is 5.56 Å².